The molecule has 1 heterocycles. The summed E-state index contributed by atoms with van der Waals surface area (Å²) in [6.45, 7) is 4.13. The average molecular weight is 297 g/mol. The van der Waals surface area contributed by atoms with Crippen molar-refractivity contribution >= 4 is 23.4 Å². The highest BCUT2D eigenvalue weighted by Crippen LogP contribution is 2.22. The van der Waals surface area contributed by atoms with Gasteiger partial charge < -0.3 is 10.6 Å². The minimum Gasteiger partial charge on any atom is -0.339 e. The third kappa shape index (κ3) is 3.52. The largest absolute Gasteiger partial charge is 0.339 e. The number of amides is 2. The zero-order valence-electron chi connectivity index (χ0n) is 12.7. The van der Waals surface area contributed by atoms with Gasteiger partial charge in [0.25, 0.3) is 0 Å². The molecule has 1 saturated carbocycles. The lowest BCUT2D eigenvalue weighted by molar-refractivity contribution is 0.251. The Labute approximate surface area is 129 Å². The van der Waals surface area contributed by atoms with E-state index in [9.17, 15) is 4.79 Å². The molecule has 3 rings (SSSR count). The Morgan fingerprint density at radius 2 is 1.82 bits per heavy atom. The highest BCUT2D eigenvalue weighted by molar-refractivity contribution is 5.88. The van der Waals surface area contributed by atoms with Crippen molar-refractivity contribution in [2.75, 3.05) is 10.6 Å². The Morgan fingerprint density at radius 3 is 2.50 bits per heavy atom. The van der Waals surface area contributed by atoms with Crippen LogP contribution in [0.3, 0.4) is 0 Å². The molecule has 6 heteroatoms. The van der Waals surface area contributed by atoms with Gasteiger partial charge in [-0.25, -0.2) is 4.79 Å². The normalized spacial score (nSPS) is 13.5. The lowest BCUT2D eigenvalue weighted by Crippen LogP contribution is -2.30. The number of nitrogens with one attached hydrogen (secondary N) is 3. The van der Waals surface area contributed by atoms with Gasteiger partial charge in [-0.3, -0.25) is 5.32 Å². The smallest absolute Gasteiger partial charge is 0.320 e. The third-order valence-corrected chi connectivity index (χ3v) is 3.69. The molecular formula is C16H19N5O. The van der Waals surface area contributed by atoms with Crippen molar-refractivity contribution in [3.8, 4) is 0 Å². The first-order chi connectivity index (χ1) is 10.6. The maximum Gasteiger partial charge on any atom is 0.320 e. The molecule has 2 aromatic rings. The summed E-state index contributed by atoms with van der Waals surface area (Å²) in [5.74, 6) is 1.08. The fraction of sp³-hybridized carbons (Fsp3) is 0.312. The molecule has 1 fully saturated rings. The second-order valence-electron chi connectivity index (χ2n) is 5.55. The average Bonchev–Trinajstić information content (AvgIpc) is 3.30. The molecule has 0 saturated heterocycles. The van der Waals surface area contributed by atoms with Gasteiger partial charge in [0.05, 0.1) is 0 Å². The van der Waals surface area contributed by atoms with Crippen molar-refractivity contribution < 1.29 is 4.79 Å². The number of hydrogen-bond acceptors (Lipinski definition) is 4. The number of urea groups is 1. The molecule has 0 bridgehead atoms. The van der Waals surface area contributed by atoms with Gasteiger partial charge in [0.15, 0.2) is 11.6 Å². The first-order valence-corrected chi connectivity index (χ1v) is 7.36. The van der Waals surface area contributed by atoms with Gasteiger partial charge in [-0.2, -0.15) is 0 Å². The number of benzene rings is 1. The standard InChI is InChI=1S/C16H19N5O/c1-10-4-3-5-13(11(10)2)18-14-8-9-15(21-20-14)19-16(22)17-12-6-7-12/h3-5,8-9,12H,6-7H2,1-2H3,(H,18,20)(H2,17,19,21,22). The second-order valence-corrected chi connectivity index (χ2v) is 5.55. The van der Waals surface area contributed by atoms with Crippen molar-refractivity contribution in [2.45, 2.75) is 32.7 Å². The highest BCUT2D eigenvalue weighted by Gasteiger charge is 2.23. The molecule has 114 valence electrons. The maximum absolute atomic E-state index is 11.6. The van der Waals surface area contributed by atoms with Crippen molar-refractivity contribution in [2.24, 2.45) is 0 Å². The minimum atomic E-state index is -0.230. The van der Waals surface area contributed by atoms with E-state index >= 15 is 0 Å². The Balaban J connectivity index is 1.63. The van der Waals surface area contributed by atoms with Crippen LogP contribution < -0.4 is 16.0 Å². The Morgan fingerprint density at radius 1 is 1.09 bits per heavy atom. The lowest BCUT2D eigenvalue weighted by atomic mass is 10.1. The number of aryl methyl sites for hydroxylation is 1. The molecule has 1 aromatic heterocycles. The van der Waals surface area contributed by atoms with E-state index in [1.807, 2.05) is 12.1 Å². The van der Waals surface area contributed by atoms with Crippen LogP contribution in [-0.4, -0.2) is 22.3 Å². The molecule has 3 N–H and O–H groups in total. The number of anilines is 3. The predicted molar refractivity (Wildman–Crippen MR) is 86.4 cm³/mol. The molecule has 0 aliphatic heterocycles. The number of rotatable bonds is 4. The topological polar surface area (TPSA) is 78.9 Å². The van der Waals surface area contributed by atoms with Crippen LogP contribution in [0.4, 0.5) is 22.1 Å². The Bertz CT molecular complexity index is 679. The van der Waals surface area contributed by atoms with Gasteiger partial charge in [0, 0.05) is 11.7 Å². The Hall–Kier alpha value is -2.63. The first kappa shape index (κ1) is 14.3. The molecule has 22 heavy (non-hydrogen) atoms. The number of nitrogens with zero attached hydrogens (tertiary/aromatic N) is 2. The summed E-state index contributed by atoms with van der Waals surface area (Å²) in [7, 11) is 0. The quantitative estimate of drug-likeness (QED) is 0.810. The molecule has 1 aliphatic rings. The van der Waals surface area contributed by atoms with Gasteiger partial charge in [0.1, 0.15) is 0 Å². The van der Waals surface area contributed by atoms with E-state index in [-0.39, 0.29) is 6.03 Å². The van der Waals surface area contributed by atoms with Crippen LogP contribution in [0.1, 0.15) is 24.0 Å². The molecule has 0 atom stereocenters. The van der Waals surface area contributed by atoms with E-state index in [0.717, 1.165) is 18.5 Å². The summed E-state index contributed by atoms with van der Waals surface area (Å²) in [6.07, 6.45) is 2.11. The van der Waals surface area contributed by atoms with E-state index in [0.29, 0.717) is 17.7 Å². The number of hydrogen-bond donors (Lipinski definition) is 3. The van der Waals surface area contributed by atoms with Crippen LogP contribution in [0.2, 0.25) is 0 Å². The predicted octanol–water partition coefficient (Wildman–Crippen LogP) is 3.12. The van der Waals surface area contributed by atoms with Gasteiger partial charge in [-0.15, -0.1) is 10.2 Å². The monoisotopic (exact) mass is 297 g/mol. The number of carbonyl (C=O) groups excluding carboxylic acids is 1. The van der Waals surface area contributed by atoms with E-state index in [4.69, 9.17) is 0 Å². The number of carbonyl (C=O) groups is 1. The molecule has 0 radical (unpaired) electrons. The second kappa shape index (κ2) is 6.01. The molecule has 1 aliphatic carbocycles. The van der Waals surface area contributed by atoms with E-state index in [1.165, 1.54) is 11.1 Å². The molecular weight excluding hydrogens is 278 g/mol. The van der Waals surface area contributed by atoms with Gasteiger partial charge in [-0.05, 0) is 56.0 Å². The van der Waals surface area contributed by atoms with Gasteiger partial charge in [-0.1, -0.05) is 12.1 Å². The zero-order valence-corrected chi connectivity index (χ0v) is 12.7. The van der Waals surface area contributed by atoms with Crippen LogP contribution in [-0.2, 0) is 0 Å². The van der Waals surface area contributed by atoms with E-state index in [2.05, 4.69) is 46.1 Å². The lowest BCUT2D eigenvalue weighted by Gasteiger charge is -2.11. The highest BCUT2D eigenvalue weighted by atomic mass is 16.2. The molecule has 2 amide bonds. The van der Waals surface area contributed by atoms with E-state index < -0.39 is 0 Å². The van der Waals surface area contributed by atoms with Crippen LogP contribution in [0, 0.1) is 13.8 Å². The summed E-state index contributed by atoms with van der Waals surface area (Å²) >= 11 is 0. The van der Waals surface area contributed by atoms with Crippen molar-refractivity contribution in [1.29, 1.82) is 0 Å². The summed E-state index contributed by atoms with van der Waals surface area (Å²) in [5, 5.41) is 16.8. The molecule has 1 aromatic carbocycles. The third-order valence-electron chi connectivity index (χ3n) is 3.69. The van der Waals surface area contributed by atoms with Crippen LogP contribution in [0.5, 0.6) is 0 Å². The minimum absolute atomic E-state index is 0.230. The van der Waals surface area contributed by atoms with Crippen molar-refractivity contribution in [3.05, 3.63) is 41.5 Å². The Kier molecular flexibility index (Phi) is 3.91. The fourth-order valence-corrected chi connectivity index (χ4v) is 2.06. The van der Waals surface area contributed by atoms with Crippen LogP contribution in [0.25, 0.3) is 0 Å². The first-order valence-electron chi connectivity index (χ1n) is 7.36. The zero-order chi connectivity index (χ0) is 15.5. The number of aromatic nitrogens is 2. The fourth-order valence-electron chi connectivity index (χ4n) is 2.06. The SMILES string of the molecule is Cc1cccc(Nc2ccc(NC(=O)NC3CC3)nn2)c1C. The summed E-state index contributed by atoms with van der Waals surface area (Å²) in [6, 6.07) is 9.67. The molecule has 0 spiro atoms. The summed E-state index contributed by atoms with van der Waals surface area (Å²) < 4.78 is 0. The molecule has 6 nitrogen and oxygen atoms in total. The van der Waals surface area contributed by atoms with Crippen LogP contribution >= 0.6 is 0 Å². The van der Waals surface area contributed by atoms with Crippen LogP contribution in [0.15, 0.2) is 30.3 Å². The molecule has 0 unspecified atom stereocenters. The van der Waals surface area contributed by atoms with Gasteiger partial charge in [0.2, 0.25) is 0 Å². The van der Waals surface area contributed by atoms with Crippen molar-refractivity contribution in [3.63, 3.8) is 0 Å². The van der Waals surface area contributed by atoms with E-state index in [1.54, 1.807) is 12.1 Å². The summed E-state index contributed by atoms with van der Waals surface area (Å²) in [4.78, 5) is 11.6. The summed E-state index contributed by atoms with van der Waals surface area (Å²) in [5.41, 5.74) is 3.39. The maximum atomic E-state index is 11.6. The van der Waals surface area contributed by atoms with Gasteiger partial charge >= 0.3 is 6.03 Å². The van der Waals surface area contributed by atoms with Crippen molar-refractivity contribution in [1.82, 2.24) is 15.5 Å².